The number of halogens is 2. The number of nitrogens with one attached hydrogen (secondary N) is 1. The fourth-order valence-corrected chi connectivity index (χ4v) is 2.60. The van der Waals surface area contributed by atoms with Gasteiger partial charge in [0.2, 0.25) is 0 Å². The van der Waals surface area contributed by atoms with Crippen molar-refractivity contribution in [3.63, 3.8) is 0 Å². The summed E-state index contributed by atoms with van der Waals surface area (Å²) >= 11 is 3.51. The Morgan fingerprint density at radius 2 is 2.12 bits per heavy atom. The van der Waals surface area contributed by atoms with Gasteiger partial charge in [-0.05, 0) is 24.1 Å². The maximum Gasteiger partial charge on any atom is 0.109 e. The first-order valence-corrected chi connectivity index (χ1v) is 6.78. The molecule has 4 heteroatoms. The summed E-state index contributed by atoms with van der Waals surface area (Å²) in [5, 5.41) is 3.29. The molecule has 1 aliphatic heterocycles. The molecule has 0 bridgehead atoms. The largest absolute Gasteiger partial charge is 0.314 e. The lowest BCUT2D eigenvalue weighted by atomic mass is 10.0. The molecule has 1 fully saturated rings. The first-order valence-electron chi connectivity index (χ1n) is 5.99. The molecular weight excluding hydrogens is 283 g/mol. The predicted molar refractivity (Wildman–Crippen MR) is 72.0 cm³/mol. The van der Waals surface area contributed by atoms with Crippen LogP contribution in [0.2, 0.25) is 0 Å². The third-order valence-electron chi connectivity index (χ3n) is 3.32. The number of hydrogen-bond donors (Lipinski definition) is 1. The molecule has 1 heterocycles. The highest BCUT2D eigenvalue weighted by Gasteiger charge is 2.22. The van der Waals surface area contributed by atoms with Crippen molar-refractivity contribution in [2.45, 2.75) is 13.0 Å². The molecule has 0 spiro atoms. The van der Waals surface area contributed by atoms with Gasteiger partial charge < -0.3 is 5.32 Å². The van der Waals surface area contributed by atoms with Crippen LogP contribution >= 0.6 is 15.9 Å². The van der Waals surface area contributed by atoms with E-state index in [-0.39, 0.29) is 12.7 Å². The lowest BCUT2D eigenvalue weighted by molar-refractivity contribution is 0.147. The molecule has 0 amide bonds. The van der Waals surface area contributed by atoms with Crippen molar-refractivity contribution < 1.29 is 4.39 Å². The van der Waals surface area contributed by atoms with Crippen LogP contribution in [-0.4, -0.2) is 37.8 Å². The Kier molecular flexibility index (Phi) is 4.54. The maximum atomic E-state index is 13.3. The molecule has 0 unspecified atom stereocenters. The van der Waals surface area contributed by atoms with Gasteiger partial charge in [0, 0.05) is 30.7 Å². The van der Waals surface area contributed by atoms with Crippen molar-refractivity contribution in [2.75, 3.05) is 32.9 Å². The Balaban J connectivity index is 2.18. The van der Waals surface area contributed by atoms with Crippen LogP contribution < -0.4 is 5.32 Å². The molecule has 0 saturated carbocycles. The van der Waals surface area contributed by atoms with Crippen LogP contribution in [0.4, 0.5) is 4.39 Å². The zero-order valence-electron chi connectivity index (χ0n) is 10.0. The first-order chi connectivity index (χ1) is 8.22. The van der Waals surface area contributed by atoms with E-state index in [0.717, 1.165) is 36.2 Å². The molecule has 0 aromatic heterocycles. The topological polar surface area (TPSA) is 15.3 Å². The van der Waals surface area contributed by atoms with Crippen molar-refractivity contribution >= 4 is 15.9 Å². The Hall–Kier alpha value is -0.450. The summed E-state index contributed by atoms with van der Waals surface area (Å²) in [6, 6.07) is 6.02. The van der Waals surface area contributed by atoms with E-state index in [9.17, 15) is 4.39 Å². The van der Waals surface area contributed by atoms with Crippen LogP contribution in [-0.2, 0) is 0 Å². The molecule has 0 radical (unpaired) electrons. The van der Waals surface area contributed by atoms with Gasteiger partial charge in [-0.2, -0.15) is 0 Å². The number of alkyl halides is 1. The van der Waals surface area contributed by atoms with E-state index in [2.05, 4.69) is 26.1 Å². The summed E-state index contributed by atoms with van der Waals surface area (Å²) in [7, 11) is 0. The average molecular weight is 301 g/mol. The lowest BCUT2D eigenvalue weighted by Gasteiger charge is -2.33. The number of piperazine rings is 1. The van der Waals surface area contributed by atoms with Crippen LogP contribution in [0.5, 0.6) is 0 Å². The molecule has 1 aromatic carbocycles. The highest BCUT2D eigenvalue weighted by Crippen LogP contribution is 2.26. The van der Waals surface area contributed by atoms with Gasteiger partial charge in [-0.25, -0.2) is 4.39 Å². The summed E-state index contributed by atoms with van der Waals surface area (Å²) in [5.41, 5.74) is 2.25. The van der Waals surface area contributed by atoms with Crippen LogP contribution in [0.1, 0.15) is 17.2 Å². The molecule has 94 valence electrons. The van der Waals surface area contributed by atoms with Gasteiger partial charge in [-0.15, -0.1) is 0 Å². The fourth-order valence-electron chi connectivity index (χ4n) is 2.21. The average Bonchev–Trinajstić information content (AvgIpc) is 2.36. The molecule has 2 nitrogen and oxygen atoms in total. The summed E-state index contributed by atoms with van der Waals surface area (Å²) in [6.07, 6.45) is 0. The third kappa shape index (κ3) is 3.06. The Bertz CT molecular complexity index is 378. The molecule has 1 N–H and O–H groups in total. The maximum absolute atomic E-state index is 13.3. The third-order valence-corrected chi connectivity index (χ3v) is 4.17. The monoisotopic (exact) mass is 300 g/mol. The normalized spacial score (nSPS) is 19.2. The minimum absolute atomic E-state index is 0.103. The van der Waals surface area contributed by atoms with E-state index in [1.165, 1.54) is 5.56 Å². The molecule has 2 rings (SSSR count). The standard InChI is InChI=1S/C13H18BrFN2/c1-10-2-3-11(8-12(10)14)13(9-15)17-6-4-16-5-7-17/h2-3,8,13,16H,4-7,9H2,1H3/t13-/m1/s1. The van der Waals surface area contributed by atoms with Crippen molar-refractivity contribution in [1.82, 2.24) is 10.2 Å². The molecular formula is C13H18BrFN2. The Labute approximate surface area is 110 Å². The number of nitrogens with zero attached hydrogens (tertiary/aromatic N) is 1. The second kappa shape index (κ2) is 5.94. The van der Waals surface area contributed by atoms with E-state index in [4.69, 9.17) is 0 Å². The molecule has 0 aliphatic carbocycles. The van der Waals surface area contributed by atoms with Gasteiger partial charge in [0.05, 0.1) is 6.04 Å². The lowest BCUT2D eigenvalue weighted by Crippen LogP contribution is -2.45. The van der Waals surface area contributed by atoms with Crippen LogP contribution in [0.3, 0.4) is 0 Å². The first kappa shape index (κ1) is 13.0. The number of hydrogen-bond acceptors (Lipinski definition) is 2. The van der Waals surface area contributed by atoms with Gasteiger partial charge in [-0.1, -0.05) is 28.1 Å². The van der Waals surface area contributed by atoms with E-state index in [0.29, 0.717) is 0 Å². The SMILES string of the molecule is Cc1ccc([C@@H](CF)N2CCNCC2)cc1Br. The molecule has 1 atom stereocenters. The van der Waals surface area contributed by atoms with Gasteiger partial charge in [0.25, 0.3) is 0 Å². The summed E-state index contributed by atoms with van der Waals surface area (Å²) in [4.78, 5) is 2.22. The summed E-state index contributed by atoms with van der Waals surface area (Å²) in [5.74, 6) is 0. The van der Waals surface area contributed by atoms with E-state index in [1.54, 1.807) is 0 Å². The number of rotatable bonds is 3. The predicted octanol–water partition coefficient (Wildman–Crippen LogP) is 2.67. The smallest absolute Gasteiger partial charge is 0.109 e. The molecule has 1 aliphatic rings. The van der Waals surface area contributed by atoms with E-state index in [1.807, 2.05) is 25.1 Å². The Morgan fingerprint density at radius 1 is 1.41 bits per heavy atom. The summed E-state index contributed by atoms with van der Waals surface area (Å²) < 4.78 is 14.3. The molecule has 17 heavy (non-hydrogen) atoms. The van der Waals surface area contributed by atoms with Crippen LogP contribution in [0.25, 0.3) is 0 Å². The van der Waals surface area contributed by atoms with Gasteiger partial charge in [-0.3, -0.25) is 4.90 Å². The fraction of sp³-hybridized carbons (Fsp3) is 0.538. The van der Waals surface area contributed by atoms with Crippen LogP contribution in [0, 0.1) is 6.92 Å². The van der Waals surface area contributed by atoms with Crippen molar-refractivity contribution in [2.24, 2.45) is 0 Å². The zero-order chi connectivity index (χ0) is 12.3. The van der Waals surface area contributed by atoms with Crippen molar-refractivity contribution in [3.8, 4) is 0 Å². The second-order valence-corrected chi connectivity index (χ2v) is 5.32. The van der Waals surface area contributed by atoms with Gasteiger partial charge in [0.15, 0.2) is 0 Å². The highest BCUT2D eigenvalue weighted by atomic mass is 79.9. The van der Waals surface area contributed by atoms with Gasteiger partial charge in [0.1, 0.15) is 6.67 Å². The summed E-state index contributed by atoms with van der Waals surface area (Å²) in [6.45, 7) is 5.45. The van der Waals surface area contributed by atoms with E-state index >= 15 is 0 Å². The van der Waals surface area contributed by atoms with Crippen LogP contribution in [0.15, 0.2) is 22.7 Å². The molecule has 1 saturated heterocycles. The molecule has 1 aromatic rings. The number of benzene rings is 1. The number of aryl methyl sites for hydroxylation is 1. The minimum Gasteiger partial charge on any atom is -0.314 e. The Morgan fingerprint density at radius 3 is 2.71 bits per heavy atom. The highest BCUT2D eigenvalue weighted by molar-refractivity contribution is 9.10. The quantitative estimate of drug-likeness (QED) is 0.923. The zero-order valence-corrected chi connectivity index (χ0v) is 11.6. The van der Waals surface area contributed by atoms with Crippen molar-refractivity contribution in [3.05, 3.63) is 33.8 Å². The van der Waals surface area contributed by atoms with Crippen molar-refractivity contribution in [1.29, 1.82) is 0 Å². The second-order valence-electron chi connectivity index (χ2n) is 4.46. The minimum atomic E-state index is -0.324. The van der Waals surface area contributed by atoms with Gasteiger partial charge >= 0.3 is 0 Å². The van der Waals surface area contributed by atoms with E-state index < -0.39 is 0 Å².